The second-order valence-electron chi connectivity index (χ2n) is 4.69. The van der Waals surface area contributed by atoms with E-state index in [1.54, 1.807) is 6.20 Å². The third kappa shape index (κ3) is 3.02. The lowest BCUT2D eigenvalue weighted by Gasteiger charge is -2.21. The van der Waals surface area contributed by atoms with Crippen LogP contribution in [0.15, 0.2) is 28.9 Å². The number of rotatable bonds is 4. The van der Waals surface area contributed by atoms with Crippen LogP contribution in [0.2, 0.25) is 10.0 Å². The number of nitrogens with one attached hydrogen (secondary N) is 1. The average Bonchev–Trinajstić information content (AvgIpc) is 2.77. The Morgan fingerprint density at radius 1 is 1.30 bits per heavy atom. The first kappa shape index (κ1) is 15.8. The van der Waals surface area contributed by atoms with Crippen LogP contribution in [0.1, 0.15) is 37.2 Å². The van der Waals surface area contributed by atoms with Gasteiger partial charge in [-0.1, -0.05) is 29.3 Å². The van der Waals surface area contributed by atoms with Crippen molar-refractivity contribution in [1.82, 2.24) is 15.2 Å². The van der Waals surface area contributed by atoms with Crippen molar-refractivity contribution < 1.29 is 0 Å². The summed E-state index contributed by atoms with van der Waals surface area (Å²) in [5.41, 5.74) is 4.58. The zero-order valence-corrected chi connectivity index (χ0v) is 14.2. The Kier molecular flexibility index (Phi) is 5.09. The number of hydrogen-bond acceptors (Lipinski definition) is 3. The third-order valence-corrected chi connectivity index (χ3v) is 4.50. The molecule has 0 aliphatic carbocycles. The molecular formula is C13H15BrCl2N4. The molecule has 0 spiro atoms. The van der Waals surface area contributed by atoms with Gasteiger partial charge in [0.15, 0.2) is 0 Å². The maximum Gasteiger partial charge on any atom is 0.0894 e. The summed E-state index contributed by atoms with van der Waals surface area (Å²) in [4.78, 5) is 0. The molecule has 1 unspecified atom stereocenters. The van der Waals surface area contributed by atoms with E-state index in [0.29, 0.717) is 10.0 Å². The molecule has 20 heavy (non-hydrogen) atoms. The van der Waals surface area contributed by atoms with Gasteiger partial charge in [-0.05, 0) is 47.5 Å². The highest BCUT2D eigenvalue weighted by Gasteiger charge is 2.22. The summed E-state index contributed by atoms with van der Waals surface area (Å²) in [5, 5.41) is 5.52. The molecule has 3 N–H and O–H groups in total. The lowest BCUT2D eigenvalue weighted by atomic mass is 10.0. The second-order valence-corrected chi connectivity index (χ2v) is 6.36. The topological polar surface area (TPSA) is 55.9 Å². The van der Waals surface area contributed by atoms with Gasteiger partial charge in [0.2, 0.25) is 0 Å². The van der Waals surface area contributed by atoms with Crippen LogP contribution in [0.3, 0.4) is 0 Å². The van der Waals surface area contributed by atoms with Crippen molar-refractivity contribution in [2.45, 2.75) is 25.9 Å². The molecule has 0 saturated carbocycles. The molecule has 1 aromatic heterocycles. The molecule has 0 bridgehead atoms. The number of hydrazine groups is 1. The highest BCUT2D eigenvalue weighted by Crippen LogP contribution is 2.32. The van der Waals surface area contributed by atoms with Crippen molar-refractivity contribution in [2.75, 3.05) is 0 Å². The van der Waals surface area contributed by atoms with Gasteiger partial charge in [0.25, 0.3) is 0 Å². The lowest BCUT2D eigenvalue weighted by molar-refractivity contribution is 0.476. The predicted molar refractivity (Wildman–Crippen MR) is 85.9 cm³/mol. The normalized spacial score (nSPS) is 12.9. The fraction of sp³-hybridized carbons (Fsp3) is 0.308. The van der Waals surface area contributed by atoms with Crippen molar-refractivity contribution in [3.05, 3.63) is 50.2 Å². The smallest absolute Gasteiger partial charge is 0.0894 e. The van der Waals surface area contributed by atoms with E-state index in [1.807, 2.05) is 36.7 Å². The summed E-state index contributed by atoms with van der Waals surface area (Å²) >= 11 is 15.7. The zero-order chi connectivity index (χ0) is 14.9. The molecule has 1 aromatic carbocycles. The minimum absolute atomic E-state index is 0.184. The van der Waals surface area contributed by atoms with Gasteiger partial charge < -0.3 is 0 Å². The molecule has 0 aliphatic heterocycles. The van der Waals surface area contributed by atoms with Crippen molar-refractivity contribution in [3.8, 4) is 0 Å². The summed E-state index contributed by atoms with van der Waals surface area (Å²) in [6.07, 6.45) is 1.63. The van der Waals surface area contributed by atoms with Gasteiger partial charge >= 0.3 is 0 Å². The minimum Gasteiger partial charge on any atom is -0.271 e. The Morgan fingerprint density at radius 2 is 2.00 bits per heavy atom. The minimum atomic E-state index is -0.263. The summed E-state index contributed by atoms with van der Waals surface area (Å²) < 4.78 is 2.67. The average molecular weight is 378 g/mol. The van der Waals surface area contributed by atoms with Crippen LogP contribution in [0.5, 0.6) is 0 Å². The molecule has 1 atom stereocenters. The second kappa shape index (κ2) is 6.45. The van der Waals surface area contributed by atoms with Crippen molar-refractivity contribution in [2.24, 2.45) is 5.84 Å². The monoisotopic (exact) mass is 376 g/mol. The number of hydrogen-bond donors (Lipinski definition) is 2. The number of aromatic nitrogens is 2. The van der Waals surface area contributed by atoms with Gasteiger partial charge in [0.1, 0.15) is 0 Å². The Labute approximate surface area is 136 Å². The summed E-state index contributed by atoms with van der Waals surface area (Å²) in [6, 6.07) is 5.56. The molecule has 1 heterocycles. The molecule has 0 fully saturated rings. The fourth-order valence-corrected chi connectivity index (χ4v) is 2.81. The quantitative estimate of drug-likeness (QED) is 0.623. The number of nitrogens with two attached hydrogens (primary N) is 1. The van der Waals surface area contributed by atoms with Crippen LogP contribution in [-0.4, -0.2) is 9.78 Å². The molecule has 0 aliphatic rings. The van der Waals surface area contributed by atoms with Crippen molar-refractivity contribution in [3.63, 3.8) is 0 Å². The maximum atomic E-state index is 6.27. The van der Waals surface area contributed by atoms with Crippen molar-refractivity contribution >= 4 is 39.1 Å². The van der Waals surface area contributed by atoms with E-state index in [0.717, 1.165) is 15.7 Å². The van der Waals surface area contributed by atoms with E-state index in [-0.39, 0.29) is 12.1 Å². The zero-order valence-electron chi connectivity index (χ0n) is 11.1. The van der Waals surface area contributed by atoms with Crippen LogP contribution in [0.4, 0.5) is 0 Å². The SMILES string of the molecule is CC(C)n1ncc(Cl)c1C(NN)c1ccc(Cl)c(Br)c1. The Bertz CT molecular complexity index is 612. The molecule has 0 saturated heterocycles. The van der Waals surface area contributed by atoms with Gasteiger partial charge in [0, 0.05) is 10.5 Å². The van der Waals surface area contributed by atoms with Gasteiger partial charge in [0.05, 0.1) is 28.0 Å². The van der Waals surface area contributed by atoms with Crippen LogP contribution in [-0.2, 0) is 0 Å². The van der Waals surface area contributed by atoms with Gasteiger partial charge in [-0.3, -0.25) is 10.5 Å². The van der Waals surface area contributed by atoms with Crippen LogP contribution in [0, 0.1) is 0 Å². The first-order valence-electron chi connectivity index (χ1n) is 6.09. The fourth-order valence-electron chi connectivity index (χ4n) is 2.06. The van der Waals surface area contributed by atoms with Crippen LogP contribution in [0.25, 0.3) is 0 Å². The molecule has 0 amide bonds. The number of benzene rings is 1. The largest absolute Gasteiger partial charge is 0.271 e. The van der Waals surface area contributed by atoms with Crippen LogP contribution < -0.4 is 11.3 Å². The third-order valence-electron chi connectivity index (χ3n) is 2.99. The summed E-state index contributed by atoms with van der Waals surface area (Å²) in [7, 11) is 0. The Balaban J connectivity index is 2.52. The van der Waals surface area contributed by atoms with E-state index in [1.165, 1.54) is 0 Å². The number of nitrogens with zero attached hydrogens (tertiary/aromatic N) is 2. The van der Waals surface area contributed by atoms with E-state index in [4.69, 9.17) is 29.0 Å². The highest BCUT2D eigenvalue weighted by molar-refractivity contribution is 9.10. The molecule has 0 radical (unpaired) electrons. The maximum absolute atomic E-state index is 6.27. The summed E-state index contributed by atoms with van der Waals surface area (Å²) in [5.74, 6) is 5.72. The molecular weight excluding hydrogens is 363 g/mol. The van der Waals surface area contributed by atoms with Gasteiger partial charge in [-0.2, -0.15) is 5.10 Å². The molecule has 4 nitrogen and oxygen atoms in total. The van der Waals surface area contributed by atoms with E-state index < -0.39 is 0 Å². The molecule has 108 valence electrons. The summed E-state index contributed by atoms with van der Waals surface area (Å²) in [6.45, 7) is 4.08. The van der Waals surface area contributed by atoms with Gasteiger partial charge in [-0.15, -0.1) is 0 Å². The Hall–Kier alpha value is -0.590. The van der Waals surface area contributed by atoms with E-state index in [2.05, 4.69) is 26.5 Å². The number of halogens is 3. The lowest BCUT2D eigenvalue weighted by Crippen LogP contribution is -2.31. The standard InChI is InChI=1S/C13H15BrCl2N4/c1-7(2)20-13(11(16)6-18-20)12(19-17)8-3-4-10(15)9(14)5-8/h3-7,12,19H,17H2,1-2H3. The molecule has 7 heteroatoms. The first-order valence-corrected chi connectivity index (χ1v) is 7.64. The predicted octanol–water partition coefficient (Wildman–Crippen LogP) is 4.09. The molecule has 2 aromatic rings. The van der Waals surface area contributed by atoms with Crippen LogP contribution >= 0.6 is 39.1 Å². The van der Waals surface area contributed by atoms with E-state index in [9.17, 15) is 0 Å². The first-order chi connectivity index (χ1) is 9.45. The van der Waals surface area contributed by atoms with Crippen molar-refractivity contribution in [1.29, 1.82) is 0 Å². The van der Waals surface area contributed by atoms with E-state index >= 15 is 0 Å². The molecule has 2 rings (SSSR count). The Morgan fingerprint density at radius 3 is 2.55 bits per heavy atom. The highest BCUT2D eigenvalue weighted by atomic mass is 79.9. The van der Waals surface area contributed by atoms with Gasteiger partial charge in [-0.25, -0.2) is 5.43 Å².